The van der Waals surface area contributed by atoms with Gasteiger partial charge < -0.3 is 14.6 Å². The van der Waals surface area contributed by atoms with Crippen molar-refractivity contribution in [2.45, 2.75) is 44.2 Å². The molecule has 6 rings (SSSR count). The molecule has 0 aromatic carbocycles. The maximum absolute atomic E-state index is 11.7. The van der Waals surface area contributed by atoms with Crippen LogP contribution in [-0.4, -0.2) is 50.5 Å². The van der Waals surface area contributed by atoms with Gasteiger partial charge in [-0.25, -0.2) is 9.97 Å². The molecule has 0 unspecified atom stereocenters. The van der Waals surface area contributed by atoms with Gasteiger partial charge in [-0.15, -0.1) is 0 Å². The number of rotatable bonds is 6. The zero-order valence-electron chi connectivity index (χ0n) is 17.7. The van der Waals surface area contributed by atoms with E-state index >= 15 is 0 Å². The first-order valence-electron chi connectivity index (χ1n) is 11.0. The first-order chi connectivity index (χ1) is 15.7. The molecule has 1 saturated carbocycles. The fourth-order valence-electron chi connectivity index (χ4n) is 4.32. The number of imidazole rings is 1. The normalized spacial score (nSPS) is 21.4. The summed E-state index contributed by atoms with van der Waals surface area (Å²) >= 11 is 0. The molecule has 1 N–H and O–H groups in total. The van der Waals surface area contributed by atoms with Crippen molar-refractivity contribution in [2.24, 2.45) is 16.1 Å². The molecule has 3 aromatic heterocycles. The van der Waals surface area contributed by atoms with Crippen molar-refractivity contribution < 1.29 is 9.53 Å². The number of pyridine rings is 2. The van der Waals surface area contributed by atoms with Crippen molar-refractivity contribution >= 4 is 29.4 Å². The lowest BCUT2D eigenvalue weighted by Gasteiger charge is -2.20. The van der Waals surface area contributed by atoms with Gasteiger partial charge in [0, 0.05) is 49.1 Å². The van der Waals surface area contributed by atoms with Gasteiger partial charge in [0.1, 0.15) is 11.6 Å². The minimum atomic E-state index is -0.152. The molecule has 3 aromatic rings. The third-order valence-corrected chi connectivity index (χ3v) is 6.37. The summed E-state index contributed by atoms with van der Waals surface area (Å²) < 4.78 is 8.58. The van der Waals surface area contributed by atoms with Crippen molar-refractivity contribution in [3.05, 3.63) is 36.4 Å². The van der Waals surface area contributed by atoms with Gasteiger partial charge in [-0.1, -0.05) is 0 Å². The highest BCUT2D eigenvalue weighted by atomic mass is 16.5. The van der Waals surface area contributed by atoms with Crippen LogP contribution in [0.4, 0.5) is 0 Å². The van der Waals surface area contributed by atoms with Crippen molar-refractivity contribution in [1.82, 2.24) is 24.8 Å². The van der Waals surface area contributed by atoms with Crippen molar-refractivity contribution in [3.8, 4) is 17.1 Å². The summed E-state index contributed by atoms with van der Waals surface area (Å²) in [5, 5.41) is 10.7. The average Bonchev–Trinajstić information content (AvgIpc) is 3.20. The number of nitrogens with one attached hydrogen (secondary N) is 1. The molecule has 5 heterocycles. The Labute approximate surface area is 184 Å². The summed E-state index contributed by atoms with van der Waals surface area (Å²) in [4.78, 5) is 25.8. The minimum Gasteiger partial charge on any atom is -0.473 e. The summed E-state index contributed by atoms with van der Waals surface area (Å²) in [5.41, 5.74) is 4.35. The molecule has 0 bridgehead atoms. The fraction of sp³-hybridized carbons (Fsp3) is 0.391. The van der Waals surface area contributed by atoms with Gasteiger partial charge in [-0.3, -0.25) is 9.78 Å². The SMILES string of the molecule is C[C@@H](Oc1nc(-c2ccnc(C3C=NN=C3)c2)cc2ncn(C3CC3)c12)[C@H]1CNC(=O)C1. The van der Waals surface area contributed by atoms with Gasteiger partial charge in [0.15, 0.2) is 0 Å². The van der Waals surface area contributed by atoms with Crippen LogP contribution in [0.1, 0.15) is 43.8 Å². The van der Waals surface area contributed by atoms with Crippen LogP contribution in [0, 0.1) is 5.92 Å². The van der Waals surface area contributed by atoms with Gasteiger partial charge in [-0.2, -0.15) is 10.2 Å². The molecule has 1 amide bonds. The van der Waals surface area contributed by atoms with Crippen molar-refractivity contribution in [3.63, 3.8) is 0 Å². The highest BCUT2D eigenvalue weighted by Crippen LogP contribution is 2.40. The zero-order chi connectivity index (χ0) is 21.7. The summed E-state index contributed by atoms with van der Waals surface area (Å²) in [7, 11) is 0. The molecular weight excluding hydrogens is 406 g/mol. The Morgan fingerprint density at radius 1 is 1.19 bits per heavy atom. The third kappa shape index (κ3) is 3.43. The number of ether oxygens (including phenoxy) is 1. The van der Waals surface area contributed by atoms with Crippen LogP contribution in [0.5, 0.6) is 5.88 Å². The maximum Gasteiger partial charge on any atom is 0.241 e. The fourth-order valence-corrected chi connectivity index (χ4v) is 4.32. The number of hydrogen-bond acceptors (Lipinski definition) is 7. The number of amides is 1. The van der Waals surface area contributed by atoms with Gasteiger partial charge in [0.2, 0.25) is 11.8 Å². The van der Waals surface area contributed by atoms with Gasteiger partial charge in [-0.05, 0) is 38.0 Å². The van der Waals surface area contributed by atoms with E-state index < -0.39 is 0 Å². The molecule has 2 atom stereocenters. The molecule has 1 saturated heterocycles. The standard InChI is InChI=1S/C23H23N7O2/c1-13(15-7-21(31)25-9-15)32-23-22-20(26-12-30(22)17-2-3-17)8-19(29-23)14-4-5-24-18(6-14)16-10-27-28-11-16/h4-6,8,10-13,15-17H,2-3,7,9H2,1H3,(H,25,31)/t13-,15-/m1/s1. The van der Waals surface area contributed by atoms with E-state index in [-0.39, 0.29) is 23.8 Å². The van der Waals surface area contributed by atoms with Crippen LogP contribution >= 0.6 is 0 Å². The third-order valence-electron chi connectivity index (χ3n) is 6.37. The van der Waals surface area contributed by atoms with Crippen LogP contribution in [-0.2, 0) is 4.79 Å². The molecule has 162 valence electrons. The number of aromatic nitrogens is 4. The van der Waals surface area contributed by atoms with E-state index in [9.17, 15) is 4.79 Å². The summed E-state index contributed by atoms with van der Waals surface area (Å²) in [6.07, 6.45) is 9.81. The van der Waals surface area contributed by atoms with E-state index in [1.54, 1.807) is 18.6 Å². The highest BCUT2D eigenvalue weighted by Gasteiger charge is 2.31. The molecule has 9 heteroatoms. The predicted molar refractivity (Wildman–Crippen MR) is 120 cm³/mol. The van der Waals surface area contributed by atoms with Gasteiger partial charge in [0.25, 0.3) is 0 Å². The lowest BCUT2D eigenvalue weighted by atomic mass is 10.0. The first-order valence-corrected chi connectivity index (χ1v) is 11.0. The molecule has 2 aliphatic heterocycles. The van der Waals surface area contributed by atoms with Crippen LogP contribution in [0.3, 0.4) is 0 Å². The van der Waals surface area contributed by atoms with E-state index in [0.29, 0.717) is 24.9 Å². The number of nitrogens with zero attached hydrogens (tertiary/aromatic N) is 6. The Morgan fingerprint density at radius 2 is 2.03 bits per heavy atom. The highest BCUT2D eigenvalue weighted by molar-refractivity contribution is 5.93. The summed E-state index contributed by atoms with van der Waals surface area (Å²) in [6, 6.07) is 6.40. The summed E-state index contributed by atoms with van der Waals surface area (Å²) in [5.74, 6) is 0.726. The Morgan fingerprint density at radius 3 is 2.78 bits per heavy atom. The largest absolute Gasteiger partial charge is 0.473 e. The average molecular weight is 429 g/mol. The van der Waals surface area contributed by atoms with Crippen LogP contribution < -0.4 is 10.1 Å². The van der Waals surface area contributed by atoms with Gasteiger partial charge >= 0.3 is 0 Å². The quantitative estimate of drug-likeness (QED) is 0.648. The van der Waals surface area contributed by atoms with Crippen LogP contribution in [0.15, 0.2) is 40.9 Å². The molecule has 2 fully saturated rings. The second-order valence-corrected chi connectivity index (χ2v) is 8.68. The maximum atomic E-state index is 11.7. The Balaban J connectivity index is 1.40. The van der Waals surface area contributed by atoms with E-state index in [2.05, 4.69) is 30.1 Å². The van der Waals surface area contributed by atoms with Crippen LogP contribution in [0.25, 0.3) is 22.3 Å². The van der Waals surface area contributed by atoms with E-state index in [4.69, 9.17) is 9.72 Å². The second-order valence-electron chi connectivity index (χ2n) is 8.68. The first kappa shape index (κ1) is 19.1. The molecule has 32 heavy (non-hydrogen) atoms. The number of hydrogen-bond donors (Lipinski definition) is 1. The molecule has 1 aliphatic carbocycles. The lowest BCUT2D eigenvalue weighted by molar-refractivity contribution is -0.119. The topological polar surface area (TPSA) is 107 Å². The molecule has 3 aliphatic rings. The number of fused-ring (bicyclic) bond motifs is 1. The van der Waals surface area contributed by atoms with Crippen LogP contribution in [0.2, 0.25) is 0 Å². The Kier molecular flexibility index (Phi) is 4.48. The molecule has 0 spiro atoms. The van der Waals surface area contributed by atoms with Gasteiger partial charge in [0.05, 0.1) is 29.1 Å². The minimum absolute atomic E-state index is 0.0316. The van der Waals surface area contributed by atoms with Crippen molar-refractivity contribution in [1.29, 1.82) is 0 Å². The number of carbonyl (C=O) groups excluding carboxylic acids is 1. The predicted octanol–water partition coefficient (Wildman–Crippen LogP) is 2.89. The van der Waals surface area contributed by atoms with E-state index in [1.165, 1.54) is 0 Å². The van der Waals surface area contributed by atoms with Crippen molar-refractivity contribution in [2.75, 3.05) is 6.54 Å². The molecular formula is C23H23N7O2. The molecule has 9 nitrogen and oxygen atoms in total. The lowest BCUT2D eigenvalue weighted by Crippen LogP contribution is -2.26. The monoisotopic (exact) mass is 429 g/mol. The Hall–Kier alpha value is -3.62. The zero-order valence-corrected chi connectivity index (χ0v) is 17.7. The smallest absolute Gasteiger partial charge is 0.241 e. The molecule has 0 radical (unpaired) electrons. The second kappa shape index (κ2) is 7.51. The van der Waals surface area contributed by atoms with E-state index in [0.717, 1.165) is 40.8 Å². The summed E-state index contributed by atoms with van der Waals surface area (Å²) in [6.45, 7) is 2.63. The Bertz CT molecular complexity index is 1250. The number of carbonyl (C=O) groups is 1. The van der Waals surface area contributed by atoms with E-state index in [1.807, 2.05) is 31.5 Å².